The van der Waals surface area contributed by atoms with E-state index in [1.54, 1.807) is 0 Å². The van der Waals surface area contributed by atoms with E-state index < -0.39 is 6.10 Å². The van der Waals surface area contributed by atoms with Crippen LogP contribution in [0.1, 0.15) is 277 Å². The van der Waals surface area contributed by atoms with Gasteiger partial charge in [-0.2, -0.15) is 0 Å². The summed E-state index contributed by atoms with van der Waals surface area (Å²) < 4.78 is 10.7. The number of unbranched alkanes of at least 4 members (excludes halogenated alkanes) is 29. The monoisotopic (exact) mass is 959 g/mol. The smallest absolute Gasteiger partial charge is 0.306 e. The zero-order valence-electron chi connectivity index (χ0n) is 45.3. The van der Waals surface area contributed by atoms with Crippen molar-refractivity contribution in [3.05, 3.63) is 97.2 Å². The van der Waals surface area contributed by atoms with E-state index in [4.69, 9.17) is 9.47 Å². The van der Waals surface area contributed by atoms with Gasteiger partial charge in [-0.15, -0.1) is 0 Å². The Balaban J connectivity index is 3.56. The minimum atomic E-state index is -0.792. The Kier molecular flexibility index (Phi) is 56.4. The van der Waals surface area contributed by atoms with E-state index >= 15 is 0 Å². The summed E-state index contributed by atoms with van der Waals surface area (Å²) in [5, 5.41) is 9.66. The van der Waals surface area contributed by atoms with Gasteiger partial charge in [0.25, 0.3) is 0 Å². The zero-order chi connectivity index (χ0) is 49.9. The molecule has 1 atom stereocenters. The van der Waals surface area contributed by atoms with E-state index in [0.717, 1.165) is 103 Å². The summed E-state index contributed by atoms with van der Waals surface area (Å²) in [6.07, 6.45) is 83.9. The van der Waals surface area contributed by atoms with E-state index in [1.807, 2.05) is 0 Å². The van der Waals surface area contributed by atoms with Crippen LogP contribution >= 0.6 is 0 Å². The van der Waals surface area contributed by atoms with Gasteiger partial charge >= 0.3 is 11.9 Å². The van der Waals surface area contributed by atoms with Crippen molar-refractivity contribution in [2.24, 2.45) is 0 Å². The summed E-state index contributed by atoms with van der Waals surface area (Å²) in [4.78, 5) is 24.5. The van der Waals surface area contributed by atoms with Gasteiger partial charge in [-0.3, -0.25) is 9.59 Å². The van der Waals surface area contributed by atoms with Gasteiger partial charge in [0, 0.05) is 12.8 Å². The summed E-state index contributed by atoms with van der Waals surface area (Å²) in [5.74, 6) is -0.615. The van der Waals surface area contributed by atoms with Crippen LogP contribution in [0.3, 0.4) is 0 Å². The number of carbonyl (C=O) groups is 2. The zero-order valence-corrected chi connectivity index (χ0v) is 45.3. The van der Waals surface area contributed by atoms with Crippen LogP contribution in [-0.4, -0.2) is 36.4 Å². The number of allylic oxidation sites excluding steroid dienone is 16. The third-order valence-electron chi connectivity index (χ3n) is 12.6. The summed E-state index contributed by atoms with van der Waals surface area (Å²) in [5.41, 5.74) is 0. The predicted molar refractivity (Wildman–Crippen MR) is 302 cm³/mol. The van der Waals surface area contributed by atoms with Gasteiger partial charge in [0.15, 0.2) is 6.10 Å². The Hall–Kier alpha value is -3.18. The van der Waals surface area contributed by atoms with Crippen molar-refractivity contribution < 1.29 is 24.2 Å². The quantitative estimate of drug-likeness (QED) is 0.0374. The number of ether oxygens (including phenoxy) is 2. The molecule has 0 spiro atoms. The second-order valence-electron chi connectivity index (χ2n) is 19.3. The Labute approximate surface area is 428 Å². The van der Waals surface area contributed by atoms with Gasteiger partial charge in [-0.05, 0) is 77.0 Å². The van der Waals surface area contributed by atoms with Crippen LogP contribution < -0.4 is 0 Å². The number of hydrogen-bond acceptors (Lipinski definition) is 5. The Morgan fingerprint density at radius 1 is 0.348 bits per heavy atom. The van der Waals surface area contributed by atoms with Crippen LogP contribution in [-0.2, 0) is 19.1 Å². The topological polar surface area (TPSA) is 72.8 Å². The van der Waals surface area contributed by atoms with Crippen molar-refractivity contribution in [3.8, 4) is 0 Å². The molecule has 0 aromatic rings. The Morgan fingerprint density at radius 2 is 0.623 bits per heavy atom. The molecule has 5 nitrogen and oxygen atoms in total. The fraction of sp³-hybridized carbons (Fsp3) is 0.719. The molecule has 0 saturated carbocycles. The fourth-order valence-electron chi connectivity index (χ4n) is 8.28. The van der Waals surface area contributed by atoms with Crippen LogP contribution in [0.4, 0.5) is 0 Å². The molecule has 0 heterocycles. The maximum Gasteiger partial charge on any atom is 0.306 e. The van der Waals surface area contributed by atoms with E-state index in [1.165, 1.54) is 148 Å². The van der Waals surface area contributed by atoms with E-state index in [-0.39, 0.29) is 25.2 Å². The molecule has 0 radical (unpaired) electrons. The minimum Gasteiger partial charge on any atom is -0.462 e. The molecule has 0 rings (SSSR count). The molecule has 0 aliphatic carbocycles. The van der Waals surface area contributed by atoms with Crippen LogP contribution in [0.25, 0.3) is 0 Å². The molecular weight excluding hydrogens is 849 g/mol. The number of carbonyl (C=O) groups excluding carboxylic acids is 2. The molecule has 0 aromatic heterocycles. The second kappa shape index (κ2) is 59.1. The fourth-order valence-corrected chi connectivity index (χ4v) is 8.28. The Bertz CT molecular complexity index is 1310. The Morgan fingerprint density at radius 3 is 0.942 bits per heavy atom. The third kappa shape index (κ3) is 57.3. The lowest BCUT2D eigenvalue weighted by Gasteiger charge is -2.15. The van der Waals surface area contributed by atoms with Crippen molar-refractivity contribution in [1.29, 1.82) is 0 Å². The highest BCUT2D eigenvalue weighted by Crippen LogP contribution is 2.17. The summed E-state index contributed by atoms with van der Waals surface area (Å²) in [7, 11) is 0. The maximum absolute atomic E-state index is 12.3. The number of esters is 2. The summed E-state index contributed by atoms with van der Waals surface area (Å²) in [6.45, 7) is 4.03. The first kappa shape index (κ1) is 65.8. The molecule has 5 heteroatoms. The molecule has 0 aromatic carbocycles. The molecule has 0 fully saturated rings. The molecule has 0 aliphatic rings. The highest BCUT2D eigenvalue weighted by Gasteiger charge is 2.16. The lowest BCUT2D eigenvalue weighted by Crippen LogP contribution is -2.28. The first-order valence-corrected chi connectivity index (χ1v) is 29.3. The SMILES string of the molecule is CC/C=C\C/C=C\C/C=C\C/C=C\C/C=C\C/C=C\C/C=C\C/C=C\CCCCCCC(=O)OC(CO)COC(=O)CCCCCCCCCCCCCCCCCCCCCCCCCCCC. The maximum atomic E-state index is 12.3. The van der Waals surface area contributed by atoms with Crippen molar-refractivity contribution in [2.45, 2.75) is 283 Å². The van der Waals surface area contributed by atoms with Crippen molar-refractivity contribution in [1.82, 2.24) is 0 Å². The van der Waals surface area contributed by atoms with Gasteiger partial charge in [0.2, 0.25) is 0 Å². The largest absolute Gasteiger partial charge is 0.462 e. The summed E-state index contributed by atoms with van der Waals surface area (Å²) >= 11 is 0. The number of hydrogen-bond donors (Lipinski definition) is 1. The first-order chi connectivity index (χ1) is 34.1. The van der Waals surface area contributed by atoms with Gasteiger partial charge in [0.1, 0.15) is 6.61 Å². The molecule has 0 aliphatic heterocycles. The number of aliphatic hydroxyl groups is 1. The van der Waals surface area contributed by atoms with Gasteiger partial charge < -0.3 is 14.6 Å². The molecule has 0 bridgehead atoms. The second-order valence-corrected chi connectivity index (χ2v) is 19.3. The summed E-state index contributed by atoms with van der Waals surface area (Å²) in [6, 6.07) is 0. The standard InChI is InChI=1S/C64H110O5/c1-3-5-7-9-11-13-15-17-19-21-23-25-27-29-31-32-33-35-37-39-41-43-45-47-49-51-53-55-57-59-64(67)69-62(60-65)61-68-63(66)58-56-54-52-50-48-46-44-42-40-38-36-34-30-28-26-24-22-20-18-16-14-12-10-8-6-4-2/h5,7,11,13,17,19,23,25,29,31,33,35,39,41,45,47,62,65H,3-4,6,8-10,12,14-16,18,20-22,24,26-28,30,32,34,36-38,40,42-44,46,48-61H2,1-2H3/b7-5-,13-11-,19-17-,25-23-,31-29-,35-33-,41-39-,47-45-. The van der Waals surface area contributed by atoms with Gasteiger partial charge in [-0.25, -0.2) is 0 Å². The predicted octanol–water partition coefficient (Wildman–Crippen LogP) is 19.9. The van der Waals surface area contributed by atoms with Crippen LogP contribution in [0, 0.1) is 0 Å². The molecule has 1 N–H and O–H groups in total. The number of rotatable bonds is 53. The average Bonchev–Trinajstić information content (AvgIpc) is 3.35. The highest BCUT2D eigenvalue weighted by molar-refractivity contribution is 5.70. The van der Waals surface area contributed by atoms with Gasteiger partial charge in [0.05, 0.1) is 6.61 Å². The van der Waals surface area contributed by atoms with E-state index in [2.05, 4.69) is 111 Å². The molecule has 1 unspecified atom stereocenters. The van der Waals surface area contributed by atoms with Crippen molar-refractivity contribution in [3.63, 3.8) is 0 Å². The lowest BCUT2D eigenvalue weighted by molar-refractivity contribution is -0.161. The van der Waals surface area contributed by atoms with Crippen LogP contribution in [0.5, 0.6) is 0 Å². The average molecular weight is 960 g/mol. The van der Waals surface area contributed by atoms with Crippen LogP contribution in [0.15, 0.2) is 97.2 Å². The molecular formula is C64H110O5. The van der Waals surface area contributed by atoms with E-state index in [9.17, 15) is 14.7 Å². The van der Waals surface area contributed by atoms with Gasteiger partial charge in [-0.1, -0.05) is 284 Å². The highest BCUT2D eigenvalue weighted by atomic mass is 16.6. The number of aliphatic hydroxyl groups excluding tert-OH is 1. The lowest BCUT2D eigenvalue weighted by atomic mass is 10.0. The molecule has 396 valence electrons. The third-order valence-corrected chi connectivity index (χ3v) is 12.6. The van der Waals surface area contributed by atoms with Crippen molar-refractivity contribution in [2.75, 3.05) is 13.2 Å². The molecule has 69 heavy (non-hydrogen) atoms. The normalized spacial score (nSPS) is 12.9. The van der Waals surface area contributed by atoms with Crippen LogP contribution in [0.2, 0.25) is 0 Å². The molecule has 0 saturated heterocycles. The van der Waals surface area contributed by atoms with Crippen molar-refractivity contribution >= 4 is 11.9 Å². The molecule has 0 amide bonds. The van der Waals surface area contributed by atoms with E-state index in [0.29, 0.717) is 12.8 Å². The first-order valence-electron chi connectivity index (χ1n) is 29.3. The minimum absolute atomic E-state index is 0.0788.